The molecule has 0 unspecified atom stereocenters. The molecule has 3 heteroatoms. The number of hydrogen-bond donors (Lipinski definition) is 1. The molecule has 2 heterocycles. The Balaban J connectivity index is 2.19. The molecule has 0 radical (unpaired) electrons. The zero-order chi connectivity index (χ0) is 13.7. The molecule has 1 aliphatic rings. The number of nitrogens with one attached hydrogen (secondary N) is 1. The van der Waals surface area contributed by atoms with Crippen LogP contribution in [0.3, 0.4) is 0 Å². The molecular weight excluding hydrogens is 234 g/mol. The predicted molar refractivity (Wildman–Crippen MR) is 81.6 cm³/mol. The Labute approximate surface area is 116 Å². The summed E-state index contributed by atoms with van der Waals surface area (Å²) in [5, 5.41) is 3.39. The van der Waals surface area contributed by atoms with Gasteiger partial charge >= 0.3 is 0 Å². The molecule has 0 aliphatic carbocycles. The van der Waals surface area contributed by atoms with Gasteiger partial charge in [-0.25, -0.2) is 4.98 Å². The Morgan fingerprint density at radius 2 is 2.16 bits per heavy atom. The van der Waals surface area contributed by atoms with E-state index in [0.717, 1.165) is 44.8 Å². The van der Waals surface area contributed by atoms with E-state index in [0.29, 0.717) is 0 Å². The summed E-state index contributed by atoms with van der Waals surface area (Å²) in [7, 11) is 0. The number of pyridine rings is 1. The molecule has 1 N–H and O–H groups in total. The summed E-state index contributed by atoms with van der Waals surface area (Å²) in [6.45, 7) is 10.5. The SMILES string of the molecule is CCNCc1cc(CC)nc(N2CC=C(C)CC2)c1. The zero-order valence-electron chi connectivity index (χ0n) is 12.4. The van der Waals surface area contributed by atoms with E-state index >= 15 is 0 Å². The van der Waals surface area contributed by atoms with Crippen LogP contribution in [0.4, 0.5) is 5.82 Å². The molecule has 0 saturated carbocycles. The number of nitrogens with zero attached hydrogens (tertiary/aromatic N) is 2. The van der Waals surface area contributed by atoms with Crippen LogP contribution in [0.5, 0.6) is 0 Å². The fraction of sp³-hybridized carbons (Fsp3) is 0.562. The standard InChI is InChI=1S/C16H25N3/c1-4-15-10-14(12-17-5-2)11-16(18-15)19-8-6-13(3)7-9-19/h6,10-11,17H,4-5,7-9,12H2,1-3H3. The highest BCUT2D eigenvalue weighted by Crippen LogP contribution is 2.20. The Morgan fingerprint density at radius 3 is 2.79 bits per heavy atom. The van der Waals surface area contributed by atoms with Crippen molar-refractivity contribution in [3.8, 4) is 0 Å². The van der Waals surface area contributed by atoms with Gasteiger partial charge in [0.15, 0.2) is 0 Å². The van der Waals surface area contributed by atoms with E-state index < -0.39 is 0 Å². The van der Waals surface area contributed by atoms with Crippen molar-refractivity contribution in [2.45, 2.75) is 40.2 Å². The summed E-state index contributed by atoms with van der Waals surface area (Å²) in [5.74, 6) is 1.14. The maximum absolute atomic E-state index is 4.78. The van der Waals surface area contributed by atoms with Crippen LogP contribution in [0, 0.1) is 0 Å². The normalized spacial score (nSPS) is 15.5. The van der Waals surface area contributed by atoms with Gasteiger partial charge in [-0.2, -0.15) is 0 Å². The van der Waals surface area contributed by atoms with Gasteiger partial charge in [-0.05, 0) is 44.0 Å². The van der Waals surface area contributed by atoms with Crippen LogP contribution in [0.1, 0.15) is 38.4 Å². The lowest BCUT2D eigenvalue weighted by Crippen LogP contribution is -2.29. The molecule has 0 bridgehead atoms. The molecule has 0 spiro atoms. The van der Waals surface area contributed by atoms with Crippen molar-refractivity contribution in [2.24, 2.45) is 0 Å². The lowest BCUT2D eigenvalue weighted by Gasteiger charge is -2.27. The van der Waals surface area contributed by atoms with Crippen LogP contribution in [-0.2, 0) is 13.0 Å². The van der Waals surface area contributed by atoms with Gasteiger partial charge in [0.05, 0.1) is 0 Å². The molecule has 1 aromatic heterocycles. The van der Waals surface area contributed by atoms with E-state index in [1.165, 1.54) is 16.8 Å². The molecular formula is C16H25N3. The van der Waals surface area contributed by atoms with Crippen LogP contribution >= 0.6 is 0 Å². The highest BCUT2D eigenvalue weighted by Gasteiger charge is 2.12. The van der Waals surface area contributed by atoms with E-state index in [9.17, 15) is 0 Å². The number of anilines is 1. The minimum atomic E-state index is 0.932. The van der Waals surface area contributed by atoms with Crippen molar-refractivity contribution < 1.29 is 0 Å². The first kappa shape index (κ1) is 14.1. The monoisotopic (exact) mass is 259 g/mol. The second kappa shape index (κ2) is 6.71. The summed E-state index contributed by atoms with van der Waals surface area (Å²) >= 11 is 0. The number of aryl methyl sites for hydroxylation is 1. The lowest BCUT2D eigenvalue weighted by molar-refractivity contribution is 0.720. The molecule has 104 valence electrons. The fourth-order valence-corrected chi connectivity index (χ4v) is 2.33. The van der Waals surface area contributed by atoms with Crippen molar-refractivity contribution in [3.05, 3.63) is 35.0 Å². The highest BCUT2D eigenvalue weighted by molar-refractivity contribution is 5.45. The summed E-state index contributed by atoms with van der Waals surface area (Å²) < 4.78 is 0. The smallest absolute Gasteiger partial charge is 0.129 e. The maximum atomic E-state index is 4.78. The summed E-state index contributed by atoms with van der Waals surface area (Å²) in [6.07, 6.45) is 4.46. The van der Waals surface area contributed by atoms with Crippen molar-refractivity contribution in [1.29, 1.82) is 0 Å². The van der Waals surface area contributed by atoms with Gasteiger partial charge in [-0.1, -0.05) is 25.5 Å². The second-order valence-electron chi connectivity index (χ2n) is 5.21. The molecule has 3 nitrogen and oxygen atoms in total. The molecule has 0 fully saturated rings. The van der Waals surface area contributed by atoms with E-state index in [1.54, 1.807) is 0 Å². The summed E-state index contributed by atoms with van der Waals surface area (Å²) in [6, 6.07) is 4.45. The van der Waals surface area contributed by atoms with Crippen LogP contribution in [0.15, 0.2) is 23.8 Å². The molecule has 1 aromatic rings. The van der Waals surface area contributed by atoms with Crippen molar-refractivity contribution in [3.63, 3.8) is 0 Å². The third-order valence-electron chi connectivity index (χ3n) is 3.63. The topological polar surface area (TPSA) is 28.2 Å². The average Bonchev–Trinajstić information content (AvgIpc) is 2.45. The van der Waals surface area contributed by atoms with E-state index in [4.69, 9.17) is 4.98 Å². The van der Waals surface area contributed by atoms with Gasteiger partial charge < -0.3 is 10.2 Å². The molecule has 19 heavy (non-hydrogen) atoms. The number of aromatic nitrogens is 1. The molecule has 2 rings (SSSR count). The Kier molecular flexibility index (Phi) is 4.97. The van der Waals surface area contributed by atoms with Crippen molar-refractivity contribution in [1.82, 2.24) is 10.3 Å². The molecule has 0 amide bonds. The largest absolute Gasteiger partial charge is 0.353 e. The first-order valence-electron chi connectivity index (χ1n) is 7.34. The van der Waals surface area contributed by atoms with Crippen LogP contribution in [-0.4, -0.2) is 24.6 Å². The van der Waals surface area contributed by atoms with Gasteiger partial charge in [0, 0.05) is 25.3 Å². The van der Waals surface area contributed by atoms with Crippen molar-refractivity contribution in [2.75, 3.05) is 24.5 Å². The molecule has 0 aromatic carbocycles. The summed E-state index contributed by atoms with van der Waals surface area (Å²) in [5.41, 5.74) is 4.03. The van der Waals surface area contributed by atoms with E-state index in [2.05, 4.69) is 49.2 Å². The number of rotatable bonds is 5. The zero-order valence-corrected chi connectivity index (χ0v) is 12.4. The fourth-order valence-electron chi connectivity index (χ4n) is 2.33. The Bertz CT molecular complexity index is 451. The maximum Gasteiger partial charge on any atom is 0.129 e. The first-order chi connectivity index (χ1) is 9.22. The van der Waals surface area contributed by atoms with Gasteiger partial charge in [0.1, 0.15) is 5.82 Å². The second-order valence-corrected chi connectivity index (χ2v) is 5.21. The summed E-state index contributed by atoms with van der Waals surface area (Å²) in [4.78, 5) is 7.15. The van der Waals surface area contributed by atoms with Gasteiger partial charge in [-0.3, -0.25) is 0 Å². The van der Waals surface area contributed by atoms with Gasteiger partial charge in [0.25, 0.3) is 0 Å². The van der Waals surface area contributed by atoms with Crippen molar-refractivity contribution >= 4 is 5.82 Å². The molecule has 0 saturated heterocycles. The average molecular weight is 259 g/mol. The van der Waals surface area contributed by atoms with E-state index in [1.807, 2.05) is 0 Å². The first-order valence-corrected chi connectivity index (χ1v) is 7.34. The highest BCUT2D eigenvalue weighted by atomic mass is 15.2. The van der Waals surface area contributed by atoms with Gasteiger partial charge in [0.2, 0.25) is 0 Å². The van der Waals surface area contributed by atoms with E-state index in [-0.39, 0.29) is 0 Å². The van der Waals surface area contributed by atoms with Crippen LogP contribution in [0.25, 0.3) is 0 Å². The predicted octanol–water partition coefficient (Wildman–Crippen LogP) is 2.91. The number of hydrogen-bond acceptors (Lipinski definition) is 3. The minimum absolute atomic E-state index is 0.932. The lowest BCUT2D eigenvalue weighted by atomic mass is 10.1. The van der Waals surface area contributed by atoms with Crippen LogP contribution in [0.2, 0.25) is 0 Å². The van der Waals surface area contributed by atoms with Gasteiger partial charge in [-0.15, -0.1) is 0 Å². The molecule has 1 aliphatic heterocycles. The van der Waals surface area contributed by atoms with Crippen LogP contribution < -0.4 is 10.2 Å². The Hall–Kier alpha value is -1.35. The quantitative estimate of drug-likeness (QED) is 0.824. The third-order valence-corrected chi connectivity index (χ3v) is 3.63. The molecule has 0 atom stereocenters. The Morgan fingerprint density at radius 1 is 1.32 bits per heavy atom. The minimum Gasteiger partial charge on any atom is -0.353 e. The third kappa shape index (κ3) is 3.80.